The first kappa shape index (κ1) is 19.8. The normalized spacial score (nSPS) is 11.5. The maximum atomic E-state index is 13.1. The van der Waals surface area contributed by atoms with E-state index in [1.165, 1.54) is 12.3 Å². The van der Waals surface area contributed by atoms with Crippen LogP contribution in [-0.2, 0) is 6.18 Å². The third kappa shape index (κ3) is 4.47. The Morgan fingerprint density at radius 1 is 1.29 bits per heavy atom. The fourth-order valence-corrected chi connectivity index (χ4v) is 3.22. The number of rotatable bonds is 6. The van der Waals surface area contributed by atoms with Gasteiger partial charge in [0.2, 0.25) is 5.13 Å². The van der Waals surface area contributed by atoms with Crippen LogP contribution < -0.4 is 10.6 Å². The Bertz CT molecular complexity index is 981. The van der Waals surface area contributed by atoms with E-state index in [1.807, 2.05) is 13.0 Å². The Balaban J connectivity index is 1.61. The highest BCUT2D eigenvalue weighted by Gasteiger charge is 2.36. The number of nitrogens with zero attached hydrogens (tertiary/aromatic N) is 4. The summed E-state index contributed by atoms with van der Waals surface area (Å²) in [5.74, 6) is -0.465. The van der Waals surface area contributed by atoms with Crippen molar-refractivity contribution < 1.29 is 18.0 Å². The lowest BCUT2D eigenvalue weighted by molar-refractivity contribution is -0.142. The molecule has 0 spiro atoms. The number of amides is 1. The van der Waals surface area contributed by atoms with E-state index in [1.54, 1.807) is 12.4 Å². The van der Waals surface area contributed by atoms with Gasteiger partial charge in [-0.25, -0.2) is 9.67 Å². The van der Waals surface area contributed by atoms with Crippen LogP contribution in [0.4, 0.5) is 18.9 Å². The molecule has 0 atom stereocenters. The monoisotopic (exact) mass is 410 g/mol. The van der Waals surface area contributed by atoms with Crippen molar-refractivity contribution in [2.24, 2.45) is 0 Å². The standard InChI is InChI=1S/C17H17F3N6OS/c1-10-8-21-4-3-12(10)22-5-6-23-15(27)13-9-28-16(24-13)26-14(17(18,19)20)7-11(2)25-26/h3-4,7-9H,5-6H2,1-2H3,(H,21,22)(H,23,27). The zero-order chi connectivity index (χ0) is 20.3. The van der Waals surface area contributed by atoms with Crippen LogP contribution in [0.2, 0.25) is 0 Å². The second-order valence-corrected chi connectivity index (χ2v) is 6.81. The van der Waals surface area contributed by atoms with Gasteiger partial charge in [-0.15, -0.1) is 11.3 Å². The Hall–Kier alpha value is -2.95. The fraction of sp³-hybridized carbons (Fsp3) is 0.294. The molecule has 7 nitrogen and oxygen atoms in total. The van der Waals surface area contributed by atoms with E-state index in [4.69, 9.17) is 0 Å². The summed E-state index contributed by atoms with van der Waals surface area (Å²) in [5, 5.41) is 11.1. The van der Waals surface area contributed by atoms with Gasteiger partial charge in [-0.1, -0.05) is 0 Å². The topological polar surface area (TPSA) is 84.7 Å². The number of halogens is 3. The summed E-state index contributed by atoms with van der Waals surface area (Å²) in [7, 11) is 0. The minimum Gasteiger partial charge on any atom is -0.383 e. The molecule has 11 heteroatoms. The number of alkyl halides is 3. The lowest BCUT2D eigenvalue weighted by atomic mass is 10.2. The van der Waals surface area contributed by atoms with Gasteiger partial charge in [0.1, 0.15) is 5.69 Å². The van der Waals surface area contributed by atoms with E-state index in [0.717, 1.165) is 28.7 Å². The van der Waals surface area contributed by atoms with Crippen LogP contribution in [0.15, 0.2) is 29.9 Å². The highest BCUT2D eigenvalue weighted by molar-refractivity contribution is 7.12. The molecule has 0 saturated carbocycles. The molecule has 148 valence electrons. The Morgan fingerprint density at radius 2 is 2.07 bits per heavy atom. The minimum atomic E-state index is -4.56. The summed E-state index contributed by atoms with van der Waals surface area (Å²) in [6.07, 6.45) is -1.17. The maximum absolute atomic E-state index is 13.1. The van der Waals surface area contributed by atoms with Crippen molar-refractivity contribution >= 4 is 22.9 Å². The number of anilines is 1. The van der Waals surface area contributed by atoms with E-state index in [-0.39, 0.29) is 16.5 Å². The molecule has 0 bridgehead atoms. The van der Waals surface area contributed by atoms with Gasteiger partial charge in [0, 0.05) is 36.6 Å². The lowest BCUT2D eigenvalue weighted by Crippen LogP contribution is -2.29. The number of hydrogen-bond donors (Lipinski definition) is 2. The molecular formula is C17H17F3N6OS. The average molecular weight is 410 g/mol. The van der Waals surface area contributed by atoms with Gasteiger partial charge in [-0.2, -0.15) is 18.3 Å². The summed E-state index contributed by atoms with van der Waals surface area (Å²) >= 11 is 0.919. The largest absolute Gasteiger partial charge is 0.433 e. The third-order valence-electron chi connectivity index (χ3n) is 3.77. The zero-order valence-corrected chi connectivity index (χ0v) is 15.9. The van der Waals surface area contributed by atoms with Gasteiger partial charge in [0.15, 0.2) is 5.69 Å². The van der Waals surface area contributed by atoms with Crippen LogP contribution in [0, 0.1) is 13.8 Å². The molecule has 3 aromatic rings. The molecule has 0 unspecified atom stereocenters. The predicted molar refractivity (Wildman–Crippen MR) is 98.8 cm³/mol. The van der Waals surface area contributed by atoms with Gasteiger partial charge in [0.05, 0.1) is 5.69 Å². The SMILES string of the molecule is Cc1cc(C(F)(F)F)n(-c2nc(C(=O)NCCNc3ccncc3C)cs2)n1. The number of carbonyl (C=O) groups excluding carboxylic acids is 1. The molecule has 3 heterocycles. The van der Waals surface area contributed by atoms with Crippen LogP contribution in [0.5, 0.6) is 0 Å². The number of carbonyl (C=O) groups is 1. The van der Waals surface area contributed by atoms with Gasteiger partial charge in [0.25, 0.3) is 5.91 Å². The first-order valence-electron chi connectivity index (χ1n) is 8.28. The molecule has 0 fully saturated rings. The summed E-state index contributed by atoms with van der Waals surface area (Å²) in [4.78, 5) is 20.2. The summed E-state index contributed by atoms with van der Waals surface area (Å²) < 4.78 is 40.1. The number of aryl methyl sites for hydroxylation is 2. The van der Waals surface area contributed by atoms with E-state index in [2.05, 4.69) is 25.7 Å². The molecule has 0 radical (unpaired) electrons. The van der Waals surface area contributed by atoms with Gasteiger partial charge < -0.3 is 10.6 Å². The van der Waals surface area contributed by atoms with Crippen molar-refractivity contribution in [3.63, 3.8) is 0 Å². The number of aromatic nitrogens is 4. The minimum absolute atomic E-state index is 0.0175. The second kappa shape index (κ2) is 7.97. The van der Waals surface area contributed by atoms with E-state index < -0.39 is 17.8 Å². The number of hydrogen-bond acceptors (Lipinski definition) is 6. The molecule has 0 aromatic carbocycles. The molecule has 3 rings (SSSR count). The molecule has 0 saturated heterocycles. The van der Waals surface area contributed by atoms with Crippen LogP contribution >= 0.6 is 11.3 Å². The molecule has 2 N–H and O–H groups in total. The highest BCUT2D eigenvalue weighted by Crippen LogP contribution is 2.32. The average Bonchev–Trinajstić information content (AvgIpc) is 3.26. The quantitative estimate of drug-likeness (QED) is 0.610. The van der Waals surface area contributed by atoms with Crippen molar-refractivity contribution in [3.8, 4) is 5.13 Å². The summed E-state index contributed by atoms with van der Waals surface area (Å²) in [5.41, 5.74) is 1.22. The van der Waals surface area contributed by atoms with Gasteiger partial charge in [-0.05, 0) is 31.5 Å². The van der Waals surface area contributed by atoms with Crippen molar-refractivity contribution in [1.29, 1.82) is 0 Å². The van der Waals surface area contributed by atoms with Crippen molar-refractivity contribution in [2.45, 2.75) is 20.0 Å². The van der Waals surface area contributed by atoms with Crippen molar-refractivity contribution in [3.05, 3.63) is 52.6 Å². The van der Waals surface area contributed by atoms with E-state index in [9.17, 15) is 18.0 Å². The number of nitrogens with one attached hydrogen (secondary N) is 2. The van der Waals surface area contributed by atoms with Crippen molar-refractivity contribution in [2.75, 3.05) is 18.4 Å². The zero-order valence-electron chi connectivity index (χ0n) is 15.0. The Kier molecular flexibility index (Phi) is 5.63. The van der Waals surface area contributed by atoms with Gasteiger partial charge in [-0.3, -0.25) is 9.78 Å². The Labute approximate surface area is 162 Å². The molecule has 1 amide bonds. The fourth-order valence-electron chi connectivity index (χ4n) is 2.45. The van der Waals surface area contributed by atoms with E-state index >= 15 is 0 Å². The first-order valence-corrected chi connectivity index (χ1v) is 9.16. The molecular weight excluding hydrogens is 393 g/mol. The summed E-state index contributed by atoms with van der Waals surface area (Å²) in [6, 6.07) is 2.77. The maximum Gasteiger partial charge on any atom is 0.433 e. The van der Waals surface area contributed by atoms with Crippen LogP contribution in [0.3, 0.4) is 0 Å². The van der Waals surface area contributed by atoms with Crippen LogP contribution in [0.25, 0.3) is 5.13 Å². The van der Waals surface area contributed by atoms with Gasteiger partial charge >= 0.3 is 6.18 Å². The molecule has 0 aliphatic rings. The Morgan fingerprint density at radius 3 is 2.79 bits per heavy atom. The molecule has 0 aliphatic carbocycles. The van der Waals surface area contributed by atoms with Crippen LogP contribution in [0.1, 0.15) is 27.4 Å². The smallest absolute Gasteiger partial charge is 0.383 e. The second-order valence-electron chi connectivity index (χ2n) is 5.97. The molecule has 3 aromatic heterocycles. The first-order chi connectivity index (χ1) is 13.3. The number of thiazole rings is 1. The lowest BCUT2D eigenvalue weighted by Gasteiger charge is -2.09. The number of pyridine rings is 1. The van der Waals surface area contributed by atoms with E-state index in [0.29, 0.717) is 17.8 Å². The van der Waals surface area contributed by atoms with Crippen LogP contribution in [-0.4, -0.2) is 38.7 Å². The molecule has 0 aliphatic heterocycles. The van der Waals surface area contributed by atoms with Crippen molar-refractivity contribution in [1.82, 2.24) is 25.1 Å². The predicted octanol–water partition coefficient (Wildman–Crippen LogP) is 3.20. The third-order valence-corrected chi connectivity index (χ3v) is 4.59. The summed E-state index contributed by atoms with van der Waals surface area (Å²) in [6.45, 7) is 4.17. The molecule has 28 heavy (non-hydrogen) atoms. The highest BCUT2D eigenvalue weighted by atomic mass is 32.1.